The van der Waals surface area contributed by atoms with Crippen LogP contribution in [0.3, 0.4) is 0 Å². The lowest BCUT2D eigenvalue weighted by atomic mass is 9.82. The Labute approximate surface area is 274 Å². The molecule has 13 heteroatoms. The minimum atomic E-state index is -4.20. The number of aromatic nitrogens is 1. The second kappa shape index (κ2) is 14.1. The van der Waals surface area contributed by atoms with Crippen molar-refractivity contribution < 1.29 is 32.3 Å². The lowest BCUT2D eigenvalue weighted by Gasteiger charge is -2.39. The summed E-state index contributed by atoms with van der Waals surface area (Å²) in [5.41, 5.74) is 2.16. The van der Waals surface area contributed by atoms with Gasteiger partial charge in [0.15, 0.2) is 0 Å². The van der Waals surface area contributed by atoms with E-state index in [1.807, 2.05) is 30.3 Å². The second-order valence-corrected chi connectivity index (χ2v) is 15.6. The van der Waals surface area contributed by atoms with Crippen molar-refractivity contribution in [3.8, 4) is 0 Å². The minimum absolute atomic E-state index is 0.00875. The average molecular weight is 671 g/mol. The van der Waals surface area contributed by atoms with Gasteiger partial charge in [0.25, 0.3) is 0 Å². The van der Waals surface area contributed by atoms with Gasteiger partial charge in [-0.3, -0.25) is 9.59 Å². The molecule has 11 nitrogen and oxygen atoms in total. The first-order valence-electron chi connectivity index (χ1n) is 15.7. The molecule has 2 aliphatic rings. The zero-order valence-electron chi connectivity index (χ0n) is 26.7. The van der Waals surface area contributed by atoms with Crippen LogP contribution in [0, 0.1) is 11.3 Å². The van der Waals surface area contributed by atoms with Gasteiger partial charge in [0.2, 0.25) is 15.9 Å². The number of thiazole rings is 1. The molecule has 3 aromatic rings. The summed E-state index contributed by atoms with van der Waals surface area (Å²) in [5.74, 6) is -1.42. The molecule has 0 aliphatic carbocycles. The zero-order chi connectivity index (χ0) is 33.1. The molecule has 1 saturated heterocycles. The number of fused-ring (bicyclic) bond motifs is 2. The number of amides is 1. The molecule has 1 aromatic heterocycles. The molecule has 3 atom stereocenters. The van der Waals surface area contributed by atoms with E-state index in [-0.39, 0.29) is 48.4 Å². The lowest BCUT2D eigenvalue weighted by Crippen LogP contribution is -2.57. The number of hydrogen-bond acceptors (Lipinski definition) is 10. The maximum absolute atomic E-state index is 14.4. The van der Waals surface area contributed by atoms with Crippen LogP contribution in [0.1, 0.15) is 57.5 Å². The Morgan fingerprint density at radius 3 is 2.67 bits per heavy atom. The summed E-state index contributed by atoms with van der Waals surface area (Å²) in [6.07, 6.45) is 2.14. The molecule has 0 bridgehead atoms. The van der Waals surface area contributed by atoms with Gasteiger partial charge in [0.1, 0.15) is 17.0 Å². The van der Waals surface area contributed by atoms with Crippen molar-refractivity contribution in [3.05, 3.63) is 53.0 Å². The molecule has 0 spiro atoms. The monoisotopic (exact) mass is 670 g/mol. The number of sulfonamides is 1. The van der Waals surface area contributed by atoms with Crippen molar-refractivity contribution in [3.63, 3.8) is 0 Å². The molecule has 0 radical (unpaired) electrons. The van der Waals surface area contributed by atoms with Crippen LogP contribution in [0.25, 0.3) is 10.2 Å². The molecule has 248 valence electrons. The van der Waals surface area contributed by atoms with Gasteiger partial charge in [-0.05, 0) is 67.7 Å². The van der Waals surface area contributed by atoms with E-state index >= 15 is 0 Å². The summed E-state index contributed by atoms with van der Waals surface area (Å²) in [6, 6.07) is 10.6. The van der Waals surface area contributed by atoms with Crippen LogP contribution in [0.2, 0.25) is 0 Å². The largest absolute Gasteiger partial charge is 0.466 e. The van der Waals surface area contributed by atoms with Crippen molar-refractivity contribution in [2.24, 2.45) is 11.3 Å². The number of piperidine rings is 1. The number of carbonyl (C=O) groups excluding carboxylic acids is 3. The quantitative estimate of drug-likeness (QED) is 0.285. The van der Waals surface area contributed by atoms with Crippen LogP contribution in [0.15, 0.2) is 47.4 Å². The third-order valence-electron chi connectivity index (χ3n) is 8.51. The van der Waals surface area contributed by atoms with Gasteiger partial charge in [0.05, 0.1) is 34.1 Å². The number of para-hydroxylation sites is 2. The van der Waals surface area contributed by atoms with E-state index in [2.05, 4.69) is 28.9 Å². The number of carbonyl (C=O) groups is 3. The fraction of sp³-hybridized carbons (Fsp3) is 0.515. The lowest BCUT2D eigenvalue weighted by molar-refractivity contribution is -0.158. The highest BCUT2D eigenvalue weighted by Gasteiger charge is 2.41. The van der Waals surface area contributed by atoms with E-state index in [1.165, 1.54) is 23.2 Å². The van der Waals surface area contributed by atoms with Crippen molar-refractivity contribution in [2.75, 3.05) is 31.6 Å². The second-order valence-electron chi connectivity index (χ2n) is 12.8. The normalized spacial score (nSPS) is 20.0. The average Bonchev–Trinajstić information content (AvgIpc) is 3.42. The van der Waals surface area contributed by atoms with Crippen molar-refractivity contribution in [1.82, 2.24) is 14.6 Å². The number of rotatable bonds is 11. The third kappa shape index (κ3) is 7.87. The molecule has 1 amide bonds. The molecular formula is C33H42N4O7S2. The third-order valence-corrected chi connectivity index (χ3v) is 11.1. The highest BCUT2D eigenvalue weighted by Crippen LogP contribution is 2.36. The van der Waals surface area contributed by atoms with Crippen LogP contribution in [0.4, 0.5) is 5.69 Å². The van der Waals surface area contributed by atoms with E-state index in [9.17, 15) is 22.8 Å². The van der Waals surface area contributed by atoms with Gasteiger partial charge >= 0.3 is 11.9 Å². The summed E-state index contributed by atoms with van der Waals surface area (Å²) >= 11 is 1.40. The summed E-state index contributed by atoms with van der Waals surface area (Å²) in [4.78, 5) is 45.1. The van der Waals surface area contributed by atoms with Gasteiger partial charge in [0, 0.05) is 26.4 Å². The first kappa shape index (κ1) is 33.8. The number of benzene rings is 2. The number of hydrogen-bond donors (Lipinski definition) is 2. The molecular weight excluding hydrogens is 629 g/mol. The molecule has 0 unspecified atom stereocenters. The van der Waals surface area contributed by atoms with Crippen molar-refractivity contribution >= 4 is 55.1 Å². The molecule has 1 fully saturated rings. The molecule has 2 aliphatic heterocycles. The van der Waals surface area contributed by atoms with Gasteiger partial charge in [-0.25, -0.2) is 18.2 Å². The Bertz CT molecular complexity index is 1670. The van der Waals surface area contributed by atoms with Gasteiger partial charge in [-0.1, -0.05) is 38.1 Å². The SMILES string of the molecule is CCOC(=O)[C@H]1C[C@H](CCOC(C)=O)CCN1C(=O)[C@H](Cc1nc2ccccc2s1)NS(=O)(=O)c1cccc2c1NCC(C)(C)C2. The smallest absolute Gasteiger partial charge is 0.328 e. The van der Waals surface area contributed by atoms with Crippen molar-refractivity contribution in [2.45, 2.75) is 76.8 Å². The molecule has 5 rings (SSSR count). The number of nitrogens with zero attached hydrogens (tertiary/aromatic N) is 2. The Hall–Kier alpha value is -3.55. The fourth-order valence-corrected chi connectivity index (χ4v) is 8.69. The molecule has 2 N–H and O–H groups in total. The van der Waals surface area contributed by atoms with Crippen LogP contribution in [-0.2, 0) is 46.7 Å². The highest BCUT2D eigenvalue weighted by molar-refractivity contribution is 7.89. The van der Waals surface area contributed by atoms with E-state index in [0.29, 0.717) is 42.9 Å². The van der Waals surface area contributed by atoms with E-state index < -0.39 is 34.0 Å². The van der Waals surface area contributed by atoms with Gasteiger partial charge < -0.3 is 19.7 Å². The van der Waals surface area contributed by atoms with Crippen LogP contribution in [-0.4, -0.2) is 74.5 Å². The summed E-state index contributed by atoms with van der Waals surface area (Å²) in [5, 5.41) is 3.91. The number of anilines is 1. The summed E-state index contributed by atoms with van der Waals surface area (Å²) in [6.45, 7) is 8.47. The Morgan fingerprint density at radius 2 is 1.93 bits per heavy atom. The first-order chi connectivity index (χ1) is 21.9. The van der Waals surface area contributed by atoms with E-state index in [4.69, 9.17) is 9.47 Å². The predicted octanol–water partition coefficient (Wildman–Crippen LogP) is 4.30. The number of ether oxygens (including phenoxy) is 2. The van der Waals surface area contributed by atoms with E-state index in [0.717, 1.165) is 15.8 Å². The Morgan fingerprint density at radius 1 is 1.15 bits per heavy atom. The Balaban J connectivity index is 1.46. The highest BCUT2D eigenvalue weighted by atomic mass is 32.2. The Kier molecular flexibility index (Phi) is 10.3. The molecule has 0 saturated carbocycles. The first-order valence-corrected chi connectivity index (χ1v) is 18.0. The van der Waals surface area contributed by atoms with Crippen molar-refractivity contribution in [1.29, 1.82) is 0 Å². The van der Waals surface area contributed by atoms with E-state index in [1.54, 1.807) is 19.1 Å². The summed E-state index contributed by atoms with van der Waals surface area (Å²) < 4.78 is 42.3. The minimum Gasteiger partial charge on any atom is -0.466 e. The van der Waals surface area contributed by atoms with Gasteiger partial charge in [-0.2, -0.15) is 4.72 Å². The van der Waals surface area contributed by atoms with Crippen LogP contribution < -0.4 is 10.0 Å². The number of likely N-dealkylation sites (tertiary alicyclic amines) is 1. The molecule has 3 heterocycles. The number of nitrogens with one attached hydrogen (secondary N) is 2. The standard InChI is InChI=1S/C33H42N4O7S2/c1-5-43-32(40)26-17-22(14-16-44-21(2)38)13-15-37(26)31(39)25(18-29-35-24-10-6-7-11-27(24)45-29)36-46(41,42)28-12-8-9-23-19-33(3,4)20-34-30(23)28/h6-12,22,25-26,34,36H,5,13-20H2,1-4H3/t22-,25-,26+/m0/s1. The molecule has 2 aromatic carbocycles. The molecule has 46 heavy (non-hydrogen) atoms. The maximum atomic E-state index is 14.4. The topological polar surface area (TPSA) is 144 Å². The summed E-state index contributed by atoms with van der Waals surface area (Å²) in [7, 11) is -4.20. The van der Waals surface area contributed by atoms with Gasteiger partial charge in [-0.15, -0.1) is 11.3 Å². The van der Waals surface area contributed by atoms with Crippen LogP contribution in [0.5, 0.6) is 0 Å². The predicted molar refractivity (Wildman–Crippen MR) is 176 cm³/mol. The fourth-order valence-electron chi connectivity index (χ4n) is 6.26. The number of esters is 2. The van der Waals surface area contributed by atoms with Crippen LogP contribution >= 0.6 is 11.3 Å². The maximum Gasteiger partial charge on any atom is 0.328 e. The zero-order valence-corrected chi connectivity index (χ0v) is 28.3.